The van der Waals surface area contributed by atoms with Gasteiger partial charge in [-0.05, 0) is 28.1 Å². The first-order valence-electron chi connectivity index (χ1n) is 8.31. The van der Waals surface area contributed by atoms with Gasteiger partial charge < -0.3 is 23.7 Å². The van der Waals surface area contributed by atoms with Gasteiger partial charge in [-0.3, -0.25) is 14.9 Å². The van der Waals surface area contributed by atoms with Crippen molar-refractivity contribution in [2.24, 2.45) is 5.10 Å². The molecule has 0 radical (unpaired) electrons. The van der Waals surface area contributed by atoms with Crippen LogP contribution in [0.5, 0.6) is 28.7 Å². The largest absolute Gasteiger partial charge is 0.493 e. The predicted molar refractivity (Wildman–Crippen MR) is 108 cm³/mol. The minimum Gasteiger partial charge on any atom is -0.493 e. The highest BCUT2D eigenvalue weighted by Crippen LogP contribution is 2.46. The number of fused-ring (bicyclic) bond motifs is 1. The molecular weight excluding hydrogens is 466 g/mol. The van der Waals surface area contributed by atoms with E-state index in [1.165, 1.54) is 33.6 Å². The highest BCUT2D eigenvalue weighted by atomic mass is 79.9. The number of rotatable bonds is 7. The molecule has 0 saturated heterocycles. The lowest BCUT2D eigenvalue weighted by Gasteiger charge is -2.14. The fourth-order valence-corrected chi connectivity index (χ4v) is 3.17. The quantitative estimate of drug-likeness (QED) is 0.362. The maximum absolute atomic E-state index is 12.6. The summed E-state index contributed by atoms with van der Waals surface area (Å²) in [5.74, 6) is 0.120. The number of hydrazone groups is 1. The highest BCUT2D eigenvalue weighted by molar-refractivity contribution is 9.10. The lowest BCUT2D eigenvalue weighted by molar-refractivity contribution is -0.386. The summed E-state index contributed by atoms with van der Waals surface area (Å²) in [7, 11) is 3.86. The molecule has 0 fully saturated rings. The average Bonchev–Trinajstić information content (AvgIpc) is 3.18. The van der Waals surface area contributed by atoms with Crippen LogP contribution in [0.4, 0.5) is 5.69 Å². The summed E-state index contributed by atoms with van der Waals surface area (Å²) in [5, 5.41) is 15.5. The van der Waals surface area contributed by atoms with Crippen molar-refractivity contribution in [2.75, 3.05) is 28.1 Å². The number of nitrogens with one attached hydrogen (secondary N) is 1. The molecule has 12 heteroatoms. The molecule has 158 valence electrons. The minimum atomic E-state index is -0.839. The molecule has 0 bridgehead atoms. The summed E-state index contributed by atoms with van der Waals surface area (Å²) < 4.78 is 26.6. The molecule has 3 rings (SSSR count). The molecule has 0 aromatic heterocycles. The van der Waals surface area contributed by atoms with Crippen molar-refractivity contribution < 1.29 is 33.4 Å². The van der Waals surface area contributed by atoms with E-state index in [4.69, 9.17) is 23.7 Å². The summed E-state index contributed by atoms with van der Waals surface area (Å²) in [6.45, 7) is 0.115. The maximum Gasteiger partial charge on any atom is 0.327 e. The Labute approximate surface area is 178 Å². The predicted octanol–water partition coefficient (Wildman–Crippen LogP) is 2.88. The van der Waals surface area contributed by atoms with Gasteiger partial charge in [-0.1, -0.05) is 0 Å². The summed E-state index contributed by atoms with van der Waals surface area (Å²) in [5.41, 5.74) is 1.97. The van der Waals surface area contributed by atoms with Crippen LogP contribution in [-0.2, 0) is 0 Å². The van der Waals surface area contributed by atoms with Crippen molar-refractivity contribution >= 4 is 33.7 Å². The second-order valence-corrected chi connectivity index (χ2v) is 6.58. The van der Waals surface area contributed by atoms with Crippen molar-refractivity contribution in [3.63, 3.8) is 0 Å². The molecule has 0 atom stereocenters. The van der Waals surface area contributed by atoms with Crippen LogP contribution in [-0.4, -0.2) is 45.2 Å². The fraction of sp³-hybridized carbons (Fsp3) is 0.222. The molecular formula is C18H16BrN3O8. The van der Waals surface area contributed by atoms with Crippen LogP contribution >= 0.6 is 15.9 Å². The highest BCUT2D eigenvalue weighted by Gasteiger charge is 2.32. The van der Waals surface area contributed by atoms with Gasteiger partial charge in [0.1, 0.15) is 5.56 Å². The van der Waals surface area contributed by atoms with Crippen LogP contribution in [0.2, 0.25) is 0 Å². The Morgan fingerprint density at radius 3 is 2.43 bits per heavy atom. The lowest BCUT2D eigenvalue weighted by atomic mass is 10.1. The summed E-state index contributed by atoms with van der Waals surface area (Å²) in [6, 6.07) is 4.56. The fourth-order valence-electron chi connectivity index (χ4n) is 2.75. The van der Waals surface area contributed by atoms with Gasteiger partial charge in [-0.15, -0.1) is 0 Å². The van der Waals surface area contributed by atoms with Crippen molar-refractivity contribution in [1.29, 1.82) is 0 Å². The number of nitro groups is 1. The molecule has 30 heavy (non-hydrogen) atoms. The van der Waals surface area contributed by atoms with E-state index in [2.05, 4.69) is 26.5 Å². The van der Waals surface area contributed by atoms with Gasteiger partial charge in [0.2, 0.25) is 18.3 Å². The smallest absolute Gasteiger partial charge is 0.327 e. The number of amides is 1. The van der Waals surface area contributed by atoms with Crippen LogP contribution in [0.25, 0.3) is 0 Å². The molecule has 0 saturated carbocycles. The van der Waals surface area contributed by atoms with Gasteiger partial charge in [0.05, 0.1) is 32.5 Å². The molecule has 1 aliphatic heterocycles. The second kappa shape index (κ2) is 8.86. The second-order valence-electron chi connectivity index (χ2n) is 5.72. The number of carbonyl (C=O) groups is 1. The third-order valence-electron chi connectivity index (χ3n) is 4.09. The zero-order valence-corrected chi connectivity index (χ0v) is 17.6. The number of nitrogens with zero attached hydrogens (tertiary/aromatic N) is 2. The molecule has 1 aliphatic rings. The first-order valence-corrected chi connectivity index (χ1v) is 9.10. The molecule has 0 spiro atoms. The zero-order valence-electron chi connectivity index (χ0n) is 16.1. The normalized spacial score (nSPS) is 12.0. The lowest BCUT2D eigenvalue weighted by Crippen LogP contribution is -2.20. The molecule has 2 aromatic carbocycles. The van der Waals surface area contributed by atoms with E-state index in [1.807, 2.05) is 0 Å². The van der Waals surface area contributed by atoms with Gasteiger partial charge in [0.15, 0.2) is 17.2 Å². The van der Waals surface area contributed by atoms with E-state index in [9.17, 15) is 14.9 Å². The SMILES string of the molecule is COc1cc(C(=O)N/N=C\c2cc3c(cc2Br)OCO3)c([N+](=O)[O-])c(OC)c1OC. The number of carbonyl (C=O) groups excluding carboxylic acids is 1. The Morgan fingerprint density at radius 2 is 1.83 bits per heavy atom. The Balaban J connectivity index is 1.92. The number of benzene rings is 2. The van der Waals surface area contributed by atoms with E-state index in [0.29, 0.717) is 21.5 Å². The average molecular weight is 482 g/mol. The van der Waals surface area contributed by atoms with Gasteiger partial charge in [0.25, 0.3) is 5.91 Å². The van der Waals surface area contributed by atoms with Crippen LogP contribution in [0, 0.1) is 10.1 Å². The summed E-state index contributed by atoms with van der Waals surface area (Å²) in [6.07, 6.45) is 1.35. The van der Waals surface area contributed by atoms with E-state index in [-0.39, 0.29) is 29.6 Å². The Morgan fingerprint density at radius 1 is 1.17 bits per heavy atom. The molecule has 11 nitrogen and oxygen atoms in total. The molecule has 0 aliphatic carbocycles. The number of hydrogen-bond acceptors (Lipinski definition) is 9. The Kier molecular flexibility index (Phi) is 6.26. The zero-order chi connectivity index (χ0) is 21.8. The minimum absolute atomic E-state index is 0.00367. The molecule has 1 amide bonds. The monoisotopic (exact) mass is 481 g/mol. The van der Waals surface area contributed by atoms with Crippen molar-refractivity contribution in [3.05, 3.63) is 43.9 Å². The van der Waals surface area contributed by atoms with Crippen LogP contribution < -0.4 is 29.1 Å². The van der Waals surface area contributed by atoms with Crippen molar-refractivity contribution in [3.8, 4) is 28.7 Å². The number of nitro benzene ring substituents is 1. The standard InChI is InChI=1S/C18H16BrN3O8/c1-26-14-5-10(15(22(24)25)17(28-3)16(14)27-2)18(23)21-20-7-9-4-12-13(6-11(9)19)30-8-29-12/h4-7H,8H2,1-3H3,(H,21,23)/b20-7-. The third kappa shape index (κ3) is 3.94. The molecule has 0 unspecified atom stereocenters. The van der Waals surface area contributed by atoms with E-state index < -0.39 is 16.5 Å². The number of hydrogen-bond donors (Lipinski definition) is 1. The van der Waals surface area contributed by atoms with Gasteiger partial charge in [-0.25, -0.2) is 5.43 Å². The topological polar surface area (TPSA) is 131 Å². The Bertz CT molecular complexity index is 1040. The number of methoxy groups -OCH3 is 3. The number of halogens is 1. The van der Waals surface area contributed by atoms with Crippen LogP contribution in [0.1, 0.15) is 15.9 Å². The molecule has 1 N–H and O–H groups in total. The van der Waals surface area contributed by atoms with Crippen molar-refractivity contribution in [1.82, 2.24) is 5.43 Å². The van der Waals surface area contributed by atoms with Crippen LogP contribution in [0.3, 0.4) is 0 Å². The van der Waals surface area contributed by atoms with E-state index in [0.717, 1.165) is 0 Å². The van der Waals surface area contributed by atoms with Gasteiger partial charge >= 0.3 is 5.69 Å². The van der Waals surface area contributed by atoms with E-state index >= 15 is 0 Å². The van der Waals surface area contributed by atoms with Crippen molar-refractivity contribution in [2.45, 2.75) is 0 Å². The van der Waals surface area contributed by atoms with E-state index in [1.54, 1.807) is 12.1 Å². The number of ether oxygens (including phenoxy) is 5. The molecule has 2 aromatic rings. The first kappa shape index (κ1) is 21.2. The Hall–Kier alpha value is -3.54. The first-order chi connectivity index (χ1) is 14.4. The third-order valence-corrected chi connectivity index (χ3v) is 4.78. The molecule has 1 heterocycles. The summed E-state index contributed by atoms with van der Waals surface area (Å²) in [4.78, 5) is 23.5. The maximum atomic E-state index is 12.6. The summed E-state index contributed by atoms with van der Waals surface area (Å²) >= 11 is 3.37. The van der Waals surface area contributed by atoms with Crippen LogP contribution in [0.15, 0.2) is 27.8 Å². The van der Waals surface area contributed by atoms with Gasteiger partial charge in [-0.2, -0.15) is 5.10 Å². The van der Waals surface area contributed by atoms with Gasteiger partial charge in [0, 0.05) is 16.1 Å².